The third kappa shape index (κ3) is 5.31. The van der Waals surface area contributed by atoms with Crippen LogP contribution in [0.1, 0.15) is 33.6 Å². The predicted octanol–water partition coefficient (Wildman–Crippen LogP) is -0.364. The first-order chi connectivity index (χ1) is 12.6. The molecular weight excluding hydrogens is 380 g/mol. The minimum Gasteiger partial charge on any atom is -0.355 e. The number of hydrogen-bond donors (Lipinski definition) is 2. The number of rotatable bonds is 9. The fourth-order valence-corrected chi connectivity index (χ4v) is 2.99. The molecule has 12 heteroatoms. The van der Waals surface area contributed by atoms with Crippen molar-refractivity contribution in [1.82, 2.24) is 14.9 Å². The lowest BCUT2D eigenvalue weighted by atomic mass is 10.1. The van der Waals surface area contributed by atoms with Crippen LogP contribution in [0.2, 0.25) is 0 Å². The molecule has 0 fully saturated rings. The molecule has 2 N–H and O–H groups in total. The number of sulfonamides is 1. The van der Waals surface area contributed by atoms with E-state index in [0.717, 1.165) is 23.3 Å². The van der Waals surface area contributed by atoms with Crippen LogP contribution in [0, 0.1) is 10.1 Å². The van der Waals surface area contributed by atoms with E-state index in [2.05, 4.69) is 10.0 Å². The molecule has 0 spiro atoms. The van der Waals surface area contributed by atoms with Gasteiger partial charge in [-0.25, -0.2) is 13.1 Å². The van der Waals surface area contributed by atoms with E-state index >= 15 is 0 Å². The first kappa shape index (κ1) is 20.5. The van der Waals surface area contributed by atoms with Gasteiger partial charge in [0.1, 0.15) is 0 Å². The van der Waals surface area contributed by atoms with E-state index in [0.29, 0.717) is 0 Å². The smallest absolute Gasteiger partial charge is 0.270 e. The average molecular weight is 398 g/mol. The van der Waals surface area contributed by atoms with E-state index < -0.39 is 26.8 Å². The van der Waals surface area contributed by atoms with Gasteiger partial charge in [-0.15, -0.1) is 0 Å². The van der Waals surface area contributed by atoms with E-state index in [1.165, 1.54) is 6.07 Å². The maximum Gasteiger partial charge on any atom is 0.270 e. The first-order valence-electron chi connectivity index (χ1n) is 7.96. The second-order valence-electron chi connectivity index (χ2n) is 5.87. The van der Waals surface area contributed by atoms with E-state index in [4.69, 9.17) is 0 Å². The molecule has 1 aliphatic heterocycles. The molecule has 0 bridgehead atoms. The van der Waals surface area contributed by atoms with E-state index in [9.17, 15) is 32.9 Å². The van der Waals surface area contributed by atoms with Crippen molar-refractivity contribution in [3.63, 3.8) is 0 Å². The summed E-state index contributed by atoms with van der Waals surface area (Å²) < 4.78 is 24.0. The van der Waals surface area contributed by atoms with E-state index in [1.54, 1.807) is 0 Å². The largest absolute Gasteiger partial charge is 0.355 e. The van der Waals surface area contributed by atoms with Crippen LogP contribution in [0.3, 0.4) is 0 Å². The van der Waals surface area contributed by atoms with Crippen LogP contribution in [0.25, 0.3) is 0 Å². The third-order valence-corrected chi connectivity index (χ3v) is 4.49. The summed E-state index contributed by atoms with van der Waals surface area (Å²) in [5.74, 6) is -1.53. The standard InChI is InChI=1S/C15H18N4O7S/c1-27(25,26)17-7-6-16-13(20)3-2-8-18-14(21)11-5-4-10(19(23)24)9-12(11)15(18)22/h4-5,9,17H,2-3,6-8H2,1H3,(H,16,20). The number of nitrogens with zero attached hydrogens (tertiary/aromatic N) is 2. The fourth-order valence-electron chi connectivity index (χ4n) is 2.52. The van der Waals surface area contributed by atoms with Crippen LogP contribution in [-0.2, 0) is 14.8 Å². The van der Waals surface area contributed by atoms with Crippen molar-refractivity contribution >= 4 is 33.4 Å². The highest BCUT2D eigenvalue weighted by atomic mass is 32.2. The van der Waals surface area contributed by atoms with Gasteiger partial charge in [0.15, 0.2) is 0 Å². The van der Waals surface area contributed by atoms with Crippen LogP contribution in [0.4, 0.5) is 5.69 Å². The van der Waals surface area contributed by atoms with Gasteiger partial charge in [0, 0.05) is 38.2 Å². The highest BCUT2D eigenvalue weighted by Crippen LogP contribution is 2.26. The highest BCUT2D eigenvalue weighted by molar-refractivity contribution is 7.88. The maximum absolute atomic E-state index is 12.3. The second-order valence-corrected chi connectivity index (χ2v) is 7.70. The summed E-state index contributed by atoms with van der Waals surface area (Å²) >= 11 is 0. The zero-order valence-corrected chi connectivity index (χ0v) is 15.2. The van der Waals surface area contributed by atoms with Gasteiger partial charge < -0.3 is 5.32 Å². The van der Waals surface area contributed by atoms with Crippen LogP contribution in [-0.4, -0.2) is 61.9 Å². The Morgan fingerprint density at radius 1 is 1.19 bits per heavy atom. The highest BCUT2D eigenvalue weighted by Gasteiger charge is 2.36. The van der Waals surface area contributed by atoms with Crippen molar-refractivity contribution in [2.75, 3.05) is 25.9 Å². The van der Waals surface area contributed by atoms with Gasteiger partial charge in [0.2, 0.25) is 15.9 Å². The molecule has 0 unspecified atom stereocenters. The Morgan fingerprint density at radius 3 is 2.48 bits per heavy atom. The van der Waals surface area contributed by atoms with E-state index in [-0.39, 0.29) is 55.2 Å². The number of benzene rings is 1. The summed E-state index contributed by atoms with van der Waals surface area (Å²) in [7, 11) is -3.32. The summed E-state index contributed by atoms with van der Waals surface area (Å²) in [5.41, 5.74) is -0.203. The Hall–Kier alpha value is -2.86. The molecule has 0 radical (unpaired) electrons. The van der Waals surface area contributed by atoms with Crippen molar-refractivity contribution in [2.45, 2.75) is 12.8 Å². The number of nitro benzene ring substituents is 1. The van der Waals surface area contributed by atoms with Gasteiger partial charge in [0.25, 0.3) is 17.5 Å². The Bertz CT molecular complexity index is 897. The lowest BCUT2D eigenvalue weighted by molar-refractivity contribution is -0.384. The summed E-state index contributed by atoms with van der Waals surface area (Å²) in [6.45, 7) is 0.166. The maximum atomic E-state index is 12.3. The number of non-ortho nitro benzene ring substituents is 1. The summed E-state index contributed by atoms with van der Waals surface area (Å²) in [6.07, 6.45) is 1.25. The molecule has 0 saturated heterocycles. The van der Waals surface area contributed by atoms with Gasteiger partial charge >= 0.3 is 0 Å². The Morgan fingerprint density at radius 2 is 1.85 bits per heavy atom. The molecule has 1 aliphatic rings. The lowest BCUT2D eigenvalue weighted by Gasteiger charge is -2.13. The topological polar surface area (TPSA) is 156 Å². The van der Waals surface area contributed by atoms with Gasteiger partial charge in [-0.3, -0.25) is 29.4 Å². The molecule has 0 saturated carbocycles. The number of hydrogen-bond acceptors (Lipinski definition) is 7. The van der Waals surface area contributed by atoms with Crippen LogP contribution >= 0.6 is 0 Å². The average Bonchev–Trinajstić information content (AvgIpc) is 2.82. The normalized spacial score (nSPS) is 13.6. The number of nitrogens with one attached hydrogen (secondary N) is 2. The molecule has 27 heavy (non-hydrogen) atoms. The predicted molar refractivity (Wildman–Crippen MR) is 93.6 cm³/mol. The molecule has 1 aromatic carbocycles. The van der Waals surface area contributed by atoms with Crippen LogP contribution in [0.5, 0.6) is 0 Å². The number of amides is 3. The molecular formula is C15H18N4O7S. The van der Waals surface area contributed by atoms with Gasteiger partial charge in [-0.2, -0.15) is 0 Å². The number of nitro groups is 1. The molecule has 0 aliphatic carbocycles. The van der Waals surface area contributed by atoms with Crippen molar-refractivity contribution in [3.8, 4) is 0 Å². The summed E-state index contributed by atoms with van der Waals surface area (Å²) in [4.78, 5) is 47.3. The molecule has 0 atom stereocenters. The molecule has 3 amide bonds. The lowest BCUT2D eigenvalue weighted by Crippen LogP contribution is -2.35. The van der Waals surface area contributed by atoms with Crippen LogP contribution in [0.15, 0.2) is 18.2 Å². The van der Waals surface area contributed by atoms with Crippen molar-refractivity contribution in [2.24, 2.45) is 0 Å². The minimum absolute atomic E-state index is 0.00481. The Balaban J connectivity index is 1.83. The molecule has 1 heterocycles. The summed E-state index contributed by atoms with van der Waals surface area (Å²) in [5, 5.41) is 13.3. The van der Waals surface area contributed by atoms with Gasteiger partial charge in [-0.1, -0.05) is 0 Å². The molecule has 0 aromatic heterocycles. The zero-order valence-electron chi connectivity index (χ0n) is 14.4. The van der Waals surface area contributed by atoms with E-state index in [1.807, 2.05) is 0 Å². The Kier molecular flexibility index (Phi) is 6.23. The van der Waals surface area contributed by atoms with Crippen molar-refractivity contribution < 1.29 is 27.7 Å². The quantitative estimate of drug-likeness (QED) is 0.249. The summed E-state index contributed by atoms with van der Waals surface area (Å²) in [6, 6.07) is 3.47. The SMILES string of the molecule is CS(=O)(=O)NCCNC(=O)CCCN1C(=O)c2ccc([N+](=O)[O-])cc2C1=O. The Labute approximate surface area is 154 Å². The molecule has 2 rings (SSSR count). The monoisotopic (exact) mass is 398 g/mol. The fraction of sp³-hybridized carbons (Fsp3) is 0.400. The van der Waals surface area contributed by atoms with Crippen molar-refractivity contribution in [3.05, 3.63) is 39.4 Å². The van der Waals surface area contributed by atoms with Crippen molar-refractivity contribution in [1.29, 1.82) is 0 Å². The number of carbonyl (C=O) groups is 3. The molecule has 1 aromatic rings. The number of fused-ring (bicyclic) bond motifs is 1. The second kappa shape index (κ2) is 8.22. The number of carbonyl (C=O) groups excluding carboxylic acids is 3. The third-order valence-electron chi connectivity index (χ3n) is 3.76. The zero-order chi connectivity index (χ0) is 20.2. The first-order valence-corrected chi connectivity index (χ1v) is 9.85. The van der Waals surface area contributed by atoms with Crippen LogP contribution < -0.4 is 10.0 Å². The molecule has 11 nitrogen and oxygen atoms in total. The van der Waals surface area contributed by atoms with Gasteiger partial charge in [-0.05, 0) is 12.5 Å². The minimum atomic E-state index is -3.32. The van der Waals surface area contributed by atoms with Gasteiger partial charge in [0.05, 0.1) is 22.3 Å². The number of imide groups is 1. The molecule has 146 valence electrons.